The molecule has 0 saturated carbocycles. The fourth-order valence-electron chi connectivity index (χ4n) is 0. The van der Waals surface area contributed by atoms with E-state index in [2.05, 4.69) is 25.5 Å². The molecule has 0 unspecified atom stereocenters. The zero-order valence-electron chi connectivity index (χ0n) is 5.08. The minimum Gasteiger partial charge on any atom is -0.147 e. The molecule has 0 radical (unpaired) electrons. The van der Waals surface area contributed by atoms with Crippen LogP contribution >= 0.6 is 24.8 Å². The zero-order valence-corrected chi connectivity index (χ0v) is 7.82. The van der Waals surface area contributed by atoms with Gasteiger partial charge in [0.25, 0.3) is 0 Å². The van der Waals surface area contributed by atoms with E-state index in [4.69, 9.17) is 0 Å². The van der Waals surface area contributed by atoms with E-state index in [-0.39, 0.29) is 24.8 Å². The van der Waals surface area contributed by atoms with Gasteiger partial charge in [-0.15, -0.1) is 24.8 Å². The summed E-state index contributed by atoms with van der Waals surface area (Å²) in [5.41, 5.74) is 0. The second-order valence-electron chi connectivity index (χ2n) is 0.644. The van der Waals surface area contributed by atoms with E-state index in [1.165, 1.54) is 7.11 Å². The van der Waals surface area contributed by atoms with Crippen molar-refractivity contribution in [2.24, 2.45) is 0 Å². The third-order valence-corrected chi connectivity index (χ3v) is 0. The largest absolute Gasteiger partial charge is 0.147 e. The molecule has 8 heavy (non-hydrogen) atoms. The zero-order chi connectivity index (χ0) is 5.41. The molecule has 0 heterocycles. The molecule has 57 valence electrons. The molecule has 0 fully saturated rings. The predicted octanol–water partition coefficient (Wildman–Crippen LogP) is 0.774. The Morgan fingerprint density at radius 3 is 1.25 bits per heavy atom. The van der Waals surface area contributed by atoms with Crippen molar-refractivity contribution in [3.8, 4) is 0 Å². The van der Waals surface area contributed by atoms with Crippen LogP contribution in [-0.2, 0) is 20.2 Å². The Balaban J connectivity index is -0.0000000160. The molecule has 0 spiro atoms. The quantitative estimate of drug-likeness (QED) is 0.589. The van der Waals surface area contributed by atoms with E-state index in [1.54, 1.807) is 0 Å². The van der Waals surface area contributed by atoms with E-state index < -0.39 is 0 Å². The summed E-state index contributed by atoms with van der Waals surface area (Å²) in [6, 6.07) is 0. The fraction of sp³-hybridized carbons (Fsp3) is 1.00. The van der Waals surface area contributed by atoms with E-state index in [0.717, 1.165) is 0 Å². The van der Waals surface area contributed by atoms with Gasteiger partial charge in [-0.3, -0.25) is 0 Å². The van der Waals surface area contributed by atoms with Gasteiger partial charge in [-0.05, 0) is 14.1 Å². The van der Waals surface area contributed by atoms with Crippen molar-refractivity contribution in [2.75, 3.05) is 21.2 Å². The maximum absolute atomic E-state index is 4.00. The Labute approximate surface area is 71.7 Å². The second-order valence-corrected chi connectivity index (χ2v) is 1.10. The van der Waals surface area contributed by atoms with Gasteiger partial charge in [-0.2, -0.15) is 0 Å². The van der Waals surface area contributed by atoms with Crippen LogP contribution in [0.3, 0.4) is 0 Å². The molecule has 0 aliphatic rings. The Kier molecular flexibility index (Phi) is 125. The minimum atomic E-state index is 0. The molecule has 0 amide bonds. The standard InChI is InChI=1S/C2H7N.CH3O.2ClH.Fe/c1-3-2;1-2;;;/h3H,1-2H3;1H3;2*1H;/q;-1;;;+1. The van der Waals surface area contributed by atoms with Gasteiger partial charge in [0.15, 0.2) is 0 Å². The van der Waals surface area contributed by atoms with Crippen LogP contribution in [0.4, 0.5) is 0 Å². The first-order valence-corrected chi connectivity index (χ1v) is 2.00. The van der Waals surface area contributed by atoms with Gasteiger partial charge in [0.05, 0.1) is 0 Å². The number of halogens is 2. The minimum absolute atomic E-state index is 0. The van der Waals surface area contributed by atoms with Crippen LogP contribution in [0.25, 0.3) is 0 Å². The van der Waals surface area contributed by atoms with Gasteiger partial charge in [-0.1, -0.05) is 0 Å². The van der Waals surface area contributed by atoms with Crippen molar-refractivity contribution in [1.29, 1.82) is 0 Å². The van der Waals surface area contributed by atoms with Crippen molar-refractivity contribution in [3.63, 3.8) is 0 Å². The van der Waals surface area contributed by atoms with E-state index in [0.29, 0.717) is 0 Å². The summed E-state index contributed by atoms with van der Waals surface area (Å²) < 4.78 is 4.00. The summed E-state index contributed by atoms with van der Waals surface area (Å²) in [7, 11) is 5.26. The third-order valence-electron chi connectivity index (χ3n) is 0. The van der Waals surface area contributed by atoms with E-state index in [9.17, 15) is 0 Å². The number of nitrogens with one attached hydrogen (secondary N) is 1. The molecule has 0 atom stereocenters. The Morgan fingerprint density at radius 1 is 1.25 bits per heavy atom. The Hall–Kier alpha value is 1.02. The van der Waals surface area contributed by atoms with Gasteiger partial charge >= 0.3 is 27.3 Å². The summed E-state index contributed by atoms with van der Waals surface area (Å²) in [6.45, 7) is 0. The molecule has 0 aliphatic carbocycles. The smallest absolute Gasteiger partial charge is 0.147 e. The molecule has 2 nitrogen and oxygen atoms in total. The molecule has 0 saturated heterocycles. The maximum Gasteiger partial charge on any atom is -0.147 e. The van der Waals surface area contributed by atoms with Crippen LogP contribution in [0.2, 0.25) is 0 Å². The van der Waals surface area contributed by atoms with Gasteiger partial charge in [0.2, 0.25) is 0 Å². The van der Waals surface area contributed by atoms with Crippen molar-refractivity contribution in [3.05, 3.63) is 0 Å². The molecular formula is C3H12Cl2FeNO. The topological polar surface area (TPSA) is 21.3 Å². The van der Waals surface area contributed by atoms with E-state index in [1.807, 2.05) is 14.1 Å². The third kappa shape index (κ3) is 245. The predicted molar refractivity (Wildman–Crippen MR) is 36.5 cm³/mol. The molecule has 0 aromatic carbocycles. The van der Waals surface area contributed by atoms with E-state index >= 15 is 0 Å². The van der Waals surface area contributed by atoms with Gasteiger partial charge < -0.3 is 5.32 Å². The average Bonchev–Trinajstić information content (AvgIpc) is 1.39. The first-order chi connectivity index (χ1) is 2.83. The number of hydrogen-bond donors (Lipinski definition) is 1. The molecule has 5 heteroatoms. The summed E-state index contributed by atoms with van der Waals surface area (Å²) in [5, 5.41) is 2.75. The van der Waals surface area contributed by atoms with Crippen molar-refractivity contribution >= 4 is 24.8 Å². The Morgan fingerprint density at radius 2 is 1.25 bits per heavy atom. The molecule has 0 aliphatic heterocycles. The van der Waals surface area contributed by atoms with Gasteiger partial charge in [-0.25, -0.2) is 0 Å². The molecule has 0 aromatic rings. The summed E-state index contributed by atoms with van der Waals surface area (Å²) >= 11 is 2.99. The summed E-state index contributed by atoms with van der Waals surface area (Å²) in [6.07, 6.45) is 0. The van der Waals surface area contributed by atoms with Crippen LogP contribution in [0, 0.1) is 0 Å². The van der Waals surface area contributed by atoms with Crippen LogP contribution in [0.1, 0.15) is 0 Å². The first-order valence-electron chi connectivity index (χ1n) is 1.55. The van der Waals surface area contributed by atoms with Crippen molar-refractivity contribution < 1.29 is 20.2 Å². The summed E-state index contributed by atoms with van der Waals surface area (Å²) in [4.78, 5) is 0. The normalized spacial score (nSPS) is 4.50. The second kappa shape index (κ2) is 43.3. The summed E-state index contributed by atoms with van der Waals surface area (Å²) in [5.74, 6) is 0. The maximum atomic E-state index is 4.00. The number of rotatable bonds is 0. The molecule has 0 aromatic heterocycles. The molecule has 0 bridgehead atoms. The molecule has 1 N–H and O–H groups in total. The van der Waals surface area contributed by atoms with Crippen LogP contribution < -0.4 is 5.32 Å². The van der Waals surface area contributed by atoms with Crippen LogP contribution in [-0.4, -0.2) is 21.2 Å². The van der Waals surface area contributed by atoms with Crippen molar-refractivity contribution in [2.45, 2.75) is 0 Å². The monoisotopic (exact) mass is 204 g/mol. The van der Waals surface area contributed by atoms with Crippen molar-refractivity contribution in [1.82, 2.24) is 5.32 Å². The number of hydrogen-bond acceptors (Lipinski definition) is 2. The molecule has 0 rings (SSSR count). The van der Waals surface area contributed by atoms with Crippen LogP contribution in [0.15, 0.2) is 0 Å². The average molecular weight is 205 g/mol. The first kappa shape index (κ1) is 23.0. The van der Waals surface area contributed by atoms with Crippen LogP contribution in [0.5, 0.6) is 0 Å². The SMILES string of the molecule is CNC.C[O][Fe].Cl.Cl. The fourth-order valence-corrected chi connectivity index (χ4v) is 0. The Bertz CT molecular complexity index is 19.2. The van der Waals surface area contributed by atoms with Gasteiger partial charge in [0, 0.05) is 0 Å². The van der Waals surface area contributed by atoms with Gasteiger partial charge in [0.1, 0.15) is 0 Å². The molecular weight excluding hydrogens is 193 g/mol.